The number of benzene rings is 2. The summed E-state index contributed by atoms with van der Waals surface area (Å²) in [5.41, 5.74) is 0.920. The van der Waals surface area contributed by atoms with Crippen molar-refractivity contribution < 1.29 is 23.5 Å². The van der Waals surface area contributed by atoms with E-state index in [0.29, 0.717) is 35.8 Å². The summed E-state index contributed by atoms with van der Waals surface area (Å²) >= 11 is 0. The van der Waals surface area contributed by atoms with Crippen LogP contribution in [0.15, 0.2) is 42.5 Å². The number of carbonyl (C=O) groups excluding carboxylic acids is 2. The Balaban J connectivity index is 1.42. The number of likely N-dealkylation sites (tertiary alicyclic amines) is 1. The number of nitrogens with one attached hydrogen (secondary N) is 2. The maximum Gasteiger partial charge on any atom is 0.322 e. The zero-order valence-corrected chi connectivity index (χ0v) is 14.4. The number of hydrogen-bond acceptors (Lipinski definition) is 4. The summed E-state index contributed by atoms with van der Waals surface area (Å²) in [4.78, 5) is 26.7. The van der Waals surface area contributed by atoms with Gasteiger partial charge in [0.15, 0.2) is 11.5 Å². The van der Waals surface area contributed by atoms with Gasteiger partial charge in [-0.1, -0.05) is 6.07 Å². The number of anilines is 2. The standard InChI is InChI=1S/C19H18FN3O4/c20-12-3-1-4-13(9-12)22-19(25)23-8-2-5-15(23)18(24)21-14-6-7-16-17(10-14)27-11-26-16/h1,3-4,6-7,9-10,15H,2,5,8,11H2,(H,21,24)(H,22,25)/t15-/m0/s1. The molecular weight excluding hydrogens is 353 g/mol. The number of rotatable bonds is 3. The molecule has 8 heteroatoms. The monoisotopic (exact) mass is 371 g/mol. The van der Waals surface area contributed by atoms with Crippen LogP contribution in [-0.2, 0) is 4.79 Å². The minimum atomic E-state index is -0.594. The van der Waals surface area contributed by atoms with Crippen molar-refractivity contribution in [1.82, 2.24) is 4.90 Å². The average Bonchev–Trinajstić information content (AvgIpc) is 3.30. The molecule has 1 saturated heterocycles. The van der Waals surface area contributed by atoms with Crippen molar-refractivity contribution in [2.24, 2.45) is 0 Å². The first-order valence-corrected chi connectivity index (χ1v) is 8.64. The highest BCUT2D eigenvalue weighted by atomic mass is 19.1. The second-order valence-electron chi connectivity index (χ2n) is 6.35. The number of halogens is 1. The highest BCUT2D eigenvalue weighted by Gasteiger charge is 2.34. The summed E-state index contributed by atoms with van der Waals surface area (Å²) in [5, 5.41) is 5.45. The second kappa shape index (κ2) is 7.14. The number of nitrogens with zero attached hydrogens (tertiary/aromatic N) is 1. The average molecular weight is 371 g/mol. The Morgan fingerprint density at radius 2 is 1.85 bits per heavy atom. The molecule has 27 heavy (non-hydrogen) atoms. The molecule has 2 heterocycles. The van der Waals surface area contributed by atoms with E-state index in [-0.39, 0.29) is 12.7 Å². The molecule has 1 fully saturated rings. The largest absolute Gasteiger partial charge is 0.454 e. The minimum Gasteiger partial charge on any atom is -0.454 e. The molecule has 0 spiro atoms. The van der Waals surface area contributed by atoms with Gasteiger partial charge in [0.05, 0.1) is 0 Å². The molecule has 2 N–H and O–H groups in total. The lowest BCUT2D eigenvalue weighted by Crippen LogP contribution is -2.45. The molecule has 2 aromatic carbocycles. The summed E-state index contributed by atoms with van der Waals surface area (Å²) in [6.45, 7) is 0.615. The summed E-state index contributed by atoms with van der Waals surface area (Å²) < 4.78 is 23.8. The molecule has 3 amide bonds. The third kappa shape index (κ3) is 3.64. The highest BCUT2D eigenvalue weighted by Crippen LogP contribution is 2.34. The van der Waals surface area contributed by atoms with Gasteiger partial charge in [-0.15, -0.1) is 0 Å². The normalized spacial score (nSPS) is 17.7. The maximum atomic E-state index is 13.3. The topological polar surface area (TPSA) is 79.9 Å². The first-order chi connectivity index (χ1) is 13.1. The van der Waals surface area contributed by atoms with Crippen molar-refractivity contribution >= 4 is 23.3 Å². The van der Waals surface area contributed by atoms with E-state index in [9.17, 15) is 14.0 Å². The summed E-state index contributed by atoms with van der Waals surface area (Å²) in [6.07, 6.45) is 1.28. The van der Waals surface area contributed by atoms with Crippen LogP contribution in [0.3, 0.4) is 0 Å². The molecule has 0 saturated carbocycles. The summed E-state index contributed by atoms with van der Waals surface area (Å²) in [7, 11) is 0. The molecule has 2 aliphatic heterocycles. The molecule has 1 atom stereocenters. The van der Waals surface area contributed by atoms with Crippen molar-refractivity contribution in [2.75, 3.05) is 24.0 Å². The fourth-order valence-corrected chi connectivity index (χ4v) is 3.24. The van der Waals surface area contributed by atoms with Gasteiger partial charge in [-0.2, -0.15) is 0 Å². The lowest BCUT2D eigenvalue weighted by Gasteiger charge is -2.24. The smallest absolute Gasteiger partial charge is 0.322 e. The predicted molar refractivity (Wildman–Crippen MR) is 96.3 cm³/mol. The van der Waals surface area contributed by atoms with Gasteiger partial charge in [0.1, 0.15) is 11.9 Å². The number of amides is 3. The van der Waals surface area contributed by atoms with Gasteiger partial charge >= 0.3 is 6.03 Å². The Morgan fingerprint density at radius 3 is 2.70 bits per heavy atom. The van der Waals surface area contributed by atoms with E-state index in [0.717, 1.165) is 6.42 Å². The molecule has 0 aromatic heterocycles. The van der Waals surface area contributed by atoms with Gasteiger partial charge < -0.3 is 25.0 Å². The van der Waals surface area contributed by atoms with Crippen LogP contribution in [-0.4, -0.2) is 36.2 Å². The predicted octanol–water partition coefficient (Wildman–Crippen LogP) is 3.19. The van der Waals surface area contributed by atoms with E-state index < -0.39 is 17.9 Å². The van der Waals surface area contributed by atoms with Crippen molar-refractivity contribution in [3.8, 4) is 11.5 Å². The molecule has 7 nitrogen and oxygen atoms in total. The quantitative estimate of drug-likeness (QED) is 0.868. The Labute approximate surface area is 155 Å². The molecular formula is C19H18FN3O4. The number of urea groups is 1. The molecule has 0 bridgehead atoms. The van der Waals surface area contributed by atoms with Crippen LogP contribution in [0.25, 0.3) is 0 Å². The third-order valence-corrected chi connectivity index (χ3v) is 4.53. The van der Waals surface area contributed by atoms with Gasteiger partial charge in [0.25, 0.3) is 0 Å². The first kappa shape index (κ1) is 17.1. The van der Waals surface area contributed by atoms with Crippen LogP contribution in [0.1, 0.15) is 12.8 Å². The van der Waals surface area contributed by atoms with Gasteiger partial charge in [0.2, 0.25) is 12.7 Å². The number of fused-ring (bicyclic) bond motifs is 1. The van der Waals surface area contributed by atoms with Crippen molar-refractivity contribution in [2.45, 2.75) is 18.9 Å². The van der Waals surface area contributed by atoms with Gasteiger partial charge in [-0.05, 0) is 43.2 Å². The number of carbonyl (C=O) groups is 2. The third-order valence-electron chi connectivity index (χ3n) is 4.53. The Kier molecular flexibility index (Phi) is 4.53. The Morgan fingerprint density at radius 1 is 1.04 bits per heavy atom. The molecule has 2 aromatic rings. The van der Waals surface area contributed by atoms with E-state index in [1.165, 1.54) is 23.1 Å². The van der Waals surface area contributed by atoms with Crippen LogP contribution in [0.2, 0.25) is 0 Å². The van der Waals surface area contributed by atoms with Crippen LogP contribution >= 0.6 is 0 Å². The first-order valence-electron chi connectivity index (χ1n) is 8.64. The van der Waals surface area contributed by atoms with Crippen LogP contribution in [0.5, 0.6) is 11.5 Å². The van der Waals surface area contributed by atoms with Crippen molar-refractivity contribution in [3.05, 3.63) is 48.3 Å². The van der Waals surface area contributed by atoms with E-state index in [2.05, 4.69) is 10.6 Å². The summed E-state index contributed by atoms with van der Waals surface area (Å²) in [6, 6.07) is 9.75. The van der Waals surface area contributed by atoms with E-state index in [1.54, 1.807) is 24.3 Å². The van der Waals surface area contributed by atoms with E-state index in [1.807, 2.05) is 0 Å². The highest BCUT2D eigenvalue weighted by molar-refractivity contribution is 5.99. The molecule has 4 rings (SSSR count). The molecule has 0 radical (unpaired) electrons. The van der Waals surface area contributed by atoms with E-state index in [4.69, 9.17) is 9.47 Å². The lowest BCUT2D eigenvalue weighted by molar-refractivity contribution is -0.119. The van der Waals surface area contributed by atoms with Gasteiger partial charge in [-0.25, -0.2) is 9.18 Å². The Hall–Kier alpha value is -3.29. The SMILES string of the molecule is O=C(Nc1ccc2c(c1)OCO2)[C@@H]1CCCN1C(=O)Nc1cccc(F)c1. The fourth-order valence-electron chi connectivity index (χ4n) is 3.24. The Bertz CT molecular complexity index is 889. The summed E-state index contributed by atoms with van der Waals surface area (Å²) in [5.74, 6) is 0.483. The maximum absolute atomic E-state index is 13.3. The minimum absolute atomic E-state index is 0.156. The van der Waals surface area contributed by atoms with Crippen molar-refractivity contribution in [3.63, 3.8) is 0 Å². The van der Waals surface area contributed by atoms with Crippen LogP contribution in [0, 0.1) is 5.82 Å². The molecule has 2 aliphatic rings. The molecule has 0 aliphatic carbocycles. The lowest BCUT2D eigenvalue weighted by atomic mass is 10.2. The molecule has 140 valence electrons. The fraction of sp³-hybridized carbons (Fsp3) is 0.263. The van der Waals surface area contributed by atoms with Gasteiger partial charge in [-0.3, -0.25) is 4.79 Å². The van der Waals surface area contributed by atoms with Crippen LogP contribution < -0.4 is 20.1 Å². The number of hydrogen-bond donors (Lipinski definition) is 2. The van der Waals surface area contributed by atoms with Crippen molar-refractivity contribution in [1.29, 1.82) is 0 Å². The van der Waals surface area contributed by atoms with Crippen LogP contribution in [0.4, 0.5) is 20.6 Å². The second-order valence-corrected chi connectivity index (χ2v) is 6.35. The number of ether oxygens (including phenoxy) is 2. The van der Waals surface area contributed by atoms with E-state index >= 15 is 0 Å². The van der Waals surface area contributed by atoms with Gasteiger partial charge in [0, 0.05) is 24.0 Å². The zero-order chi connectivity index (χ0) is 18.8. The molecule has 0 unspecified atom stereocenters. The zero-order valence-electron chi connectivity index (χ0n) is 14.4.